The van der Waals surface area contributed by atoms with Gasteiger partial charge in [0.15, 0.2) is 0 Å². The van der Waals surface area contributed by atoms with Crippen LogP contribution in [0.5, 0.6) is 0 Å². The number of aromatic nitrogens is 1. The van der Waals surface area contributed by atoms with Crippen LogP contribution < -0.4 is 0 Å². The summed E-state index contributed by atoms with van der Waals surface area (Å²) in [7, 11) is 3.07. The number of carbonyl (C=O) groups excluding carboxylic acids is 2. The zero-order chi connectivity index (χ0) is 15.2. The van der Waals surface area contributed by atoms with E-state index in [4.69, 9.17) is 0 Å². The van der Waals surface area contributed by atoms with Gasteiger partial charge in [-0.15, -0.1) is 11.3 Å². The summed E-state index contributed by atoms with van der Waals surface area (Å²) >= 11 is 3.06. The molecular formula is C14H16N2O3S2. The molecule has 0 fully saturated rings. The number of methoxy groups -OCH3 is 1. The monoisotopic (exact) mass is 324 g/mol. The molecule has 0 radical (unpaired) electrons. The molecule has 2 aromatic heterocycles. The number of hydrogen-bond donors (Lipinski definition) is 0. The summed E-state index contributed by atoms with van der Waals surface area (Å²) in [4.78, 5) is 29.2. The Labute approximate surface area is 131 Å². The van der Waals surface area contributed by atoms with Crippen molar-refractivity contribution in [2.75, 3.05) is 20.7 Å². The molecule has 2 rings (SSSR count). The number of esters is 1. The number of hydrogen-bond acceptors (Lipinski definition) is 6. The van der Waals surface area contributed by atoms with Crippen molar-refractivity contribution in [3.05, 3.63) is 27.9 Å². The molecule has 0 saturated heterocycles. The Morgan fingerprint density at radius 3 is 2.86 bits per heavy atom. The molecule has 0 N–H and O–H groups in total. The molecule has 0 bridgehead atoms. The van der Waals surface area contributed by atoms with Gasteiger partial charge in [0.05, 0.1) is 7.11 Å². The summed E-state index contributed by atoms with van der Waals surface area (Å²) in [5.41, 5.74) is 1.49. The number of nitrogens with zero attached hydrogens (tertiary/aromatic N) is 2. The quantitative estimate of drug-likeness (QED) is 0.767. The maximum atomic E-state index is 12.2. The summed E-state index contributed by atoms with van der Waals surface area (Å²) in [6.07, 6.45) is 0.891. The van der Waals surface area contributed by atoms with Crippen LogP contribution in [0.15, 0.2) is 22.2 Å². The zero-order valence-electron chi connectivity index (χ0n) is 11.9. The molecule has 0 saturated carbocycles. The fourth-order valence-corrected chi connectivity index (χ4v) is 3.26. The average Bonchev–Trinajstić information content (AvgIpc) is 3.16. The number of thiophene rings is 1. The number of ether oxygens (including phenoxy) is 1. The van der Waals surface area contributed by atoms with Gasteiger partial charge in [0, 0.05) is 36.3 Å². The predicted octanol–water partition coefficient (Wildman–Crippen LogP) is 2.90. The number of thiazole rings is 1. The highest BCUT2D eigenvalue weighted by atomic mass is 32.1. The molecule has 0 aliphatic heterocycles. The van der Waals surface area contributed by atoms with Gasteiger partial charge in [-0.05, 0) is 17.9 Å². The van der Waals surface area contributed by atoms with E-state index in [1.165, 1.54) is 18.4 Å². The Morgan fingerprint density at radius 1 is 1.38 bits per heavy atom. The van der Waals surface area contributed by atoms with E-state index in [9.17, 15) is 9.59 Å². The standard InChI is InChI=1S/C14H16N2O3S2/c1-16(6-3-4-12(17)19-2)14(18)11-9-21-13(15-11)10-5-7-20-8-10/h5,7-9H,3-4,6H2,1-2H3. The third-order valence-corrected chi connectivity index (χ3v) is 4.51. The van der Waals surface area contributed by atoms with Crippen molar-refractivity contribution in [2.24, 2.45) is 0 Å². The van der Waals surface area contributed by atoms with Crippen LogP contribution in [0.4, 0.5) is 0 Å². The summed E-state index contributed by atoms with van der Waals surface area (Å²) in [5.74, 6) is -0.387. The predicted molar refractivity (Wildman–Crippen MR) is 83.6 cm³/mol. The molecule has 0 aliphatic carbocycles. The van der Waals surface area contributed by atoms with Gasteiger partial charge in [-0.2, -0.15) is 11.3 Å². The normalized spacial score (nSPS) is 10.4. The minimum Gasteiger partial charge on any atom is -0.469 e. The highest BCUT2D eigenvalue weighted by Crippen LogP contribution is 2.26. The van der Waals surface area contributed by atoms with E-state index in [2.05, 4.69) is 9.72 Å². The molecule has 2 heterocycles. The number of rotatable bonds is 6. The third kappa shape index (κ3) is 4.12. The second kappa shape index (κ2) is 7.33. The molecule has 0 unspecified atom stereocenters. The zero-order valence-corrected chi connectivity index (χ0v) is 13.5. The molecule has 112 valence electrons. The molecule has 7 heteroatoms. The molecule has 2 aromatic rings. The Balaban J connectivity index is 1.92. The first-order chi connectivity index (χ1) is 10.1. The van der Waals surface area contributed by atoms with Crippen LogP contribution in [0.2, 0.25) is 0 Å². The first-order valence-electron chi connectivity index (χ1n) is 6.42. The second-order valence-corrected chi connectivity index (χ2v) is 6.09. The van der Waals surface area contributed by atoms with E-state index >= 15 is 0 Å². The molecule has 21 heavy (non-hydrogen) atoms. The summed E-state index contributed by atoms with van der Waals surface area (Å²) in [6.45, 7) is 0.499. The molecule has 0 aromatic carbocycles. The molecule has 0 aliphatic rings. The summed E-state index contributed by atoms with van der Waals surface area (Å²) in [5, 5.41) is 6.61. The van der Waals surface area contributed by atoms with Crippen molar-refractivity contribution in [1.82, 2.24) is 9.88 Å². The lowest BCUT2D eigenvalue weighted by Crippen LogP contribution is -2.28. The first-order valence-corrected chi connectivity index (χ1v) is 8.24. The Bertz CT molecular complexity index is 608. The molecule has 5 nitrogen and oxygen atoms in total. The Kier molecular flexibility index (Phi) is 5.46. The third-order valence-electron chi connectivity index (χ3n) is 2.94. The minimum atomic E-state index is -0.260. The van der Waals surface area contributed by atoms with Crippen LogP contribution in [0, 0.1) is 0 Å². The second-order valence-electron chi connectivity index (χ2n) is 4.46. The smallest absolute Gasteiger partial charge is 0.305 e. The molecule has 1 amide bonds. The van der Waals surface area contributed by atoms with Crippen LogP contribution in [-0.2, 0) is 9.53 Å². The van der Waals surface area contributed by atoms with Gasteiger partial charge in [-0.25, -0.2) is 4.98 Å². The Hall–Kier alpha value is -1.73. The van der Waals surface area contributed by atoms with Gasteiger partial charge in [-0.3, -0.25) is 9.59 Å². The van der Waals surface area contributed by atoms with Crippen LogP contribution in [-0.4, -0.2) is 42.5 Å². The fourth-order valence-electron chi connectivity index (χ4n) is 1.75. The van der Waals surface area contributed by atoms with Crippen LogP contribution in [0.1, 0.15) is 23.3 Å². The van der Waals surface area contributed by atoms with Crippen LogP contribution >= 0.6 is 22.7 Å². The number of amides is 1. The topological polar surface area (TPSA) is 59.5 Å². The lowest BCUT2D eigenvalue weighted by Gasteiger charge is -2.15. The van der Waals surface area contributed by atoms with Gasteiger partial charge in [0.1, 0.15) is 10.7 Å². The van der Waals surface area contributed by atoms with Crippen molar-refractivity contribution in [3.8, 4) is 10.6 Å². The van der Waals surface area contributed by atoms with E-state index in [1.54, 1.807) is 28.7 Å². The van der Waals surface area contributed by atoms with E-state index in [0.29, 0.717) is 25.1 Å². The number of carbonyl (C=O) groups is 2. The van der Waals surface area contributed by atoms with Gasteiger partial charge in [0.2, 0.25) is 0 Å². The van der Waals surface area contributed by atoms with Gasteiger partial charge in [-0.1, -0.05) is 0 Å². The van der Waals surface area contributed by atoms with E-state index in [1.807, 2.05) is 16.8 Å². The summed E-state index contributed by atoms with van der Waals surface area (Å²) in [6, 6.07) is 1.98. The lowest BCUT2D eigenvalue weighted by atomic mass is 10.3. The van der Waals surface area contributed by atoms with Crippen molar-refractivity contribution in [3.63, 3.8) is 0 Å². The SMILES string of the molecule is COC(=O)CCCN(C)C(=O)c1csc(-c2ccsc2)n1. The van der Waals surface area contributed by atoms with Gasteiger partial charge < -0.3 is 9.64 Å². The van der Waals surface area contributed by atoms with E-state index in [0.717, 1.165) is 10.6 Å². The van der Waals surface area contributed by atoms with E-state index < -0.39 is 0 Å². The van der Waals surface area contributed by atoms with Crippen molar-refractivity contribution in [2.45, 2.75) is 12.8 Å². The van der Waals surface area contributed by atoms with Gasteiger partial charge in [0.25, 0.3) is 5.91 Å². The maximum absolute atomic E-state index is 12.2. The fraction of sp³-hybridized carbons (Fsp3) is 0.357. The van der Waals surface area contributed by atoms with Crippen LogP contribution in [0.3, 0.4) is 0 Å². The van der Waals surface area contributed by atoms with Gasteiger partial charge >= 0.3 is 5.97 Å². The van der Waals surface area contributed by atoms with Crippen molar-refractivity contribution >= 4 is 34.6 Å². The molecule has 0 atom stereocenters. The highest BCUT2D eigenvalue weighted by molar-refractivity contribution is 7.14. The lowest BCUT2D eigenvalue weighted by molar-refractivity contribution is -0.140. The largest absolute Gasteiger partial charge is 0.469 e. The van der Waals surface area contributed by atoms with Crippen molar-refractivity contribution < 1.29 is 14.3 Å². The van der Waals surface area contributed by atoms with Crippen molar-refractivity contribution in [1.29, 1.82) is 0 Å². The highest BCUT2D eigenvalue weighted by Gasteiger charge is 2.16. The van der Waals surface area contributed by atoms with Crippen LogP contribution in [0.25, 0.3) is 10.6 Å². The van der Waals surface area contributed by atoms with E-state index in [-0.39, 0.29) is 11.9 Å². The first kappa shape index (κ1) is 15.7. The summed E-state index contributed by atoms with van der Waals surface area (Å²) < 4.78 is 4.57. The molecule has 0 spiro atoms. The maximum Gasteiger partial charge on any atom is 0.305 e. The molecular weight excluding hydrogens is 308 g/mol. The minimum absolute atomic E-state index is 0.127. The Morgan fingerprint density at radius 2 is 2.19 bits per heavy atom. The average molecular weight is 324 g/mol.